The number of halogens is 2. The van der Waals surface area contributed by atoms with Crippen LogP contribution in [0.1, 0.15) is 0 Å². The molecule has 12 heteroatoms. The molecule has 0 saturated carbocycles. The molecule has 0 aromatic heterocycles. The zero-order valence-electron chi connectivity index (χ0n) is 19.6. The number of hydrogen-bond acceptors (Lipinski definition) is 5. The number of rotatable bonds is 9. The van der Waals surface area contributed by atoms with Crippen LogP contribution < -0.4 is 14.3 Å². The van der Waals surface area contributed by atoms with Gasteiger partial charge in [-0.05, 0) is 66.7 Å². The quantitative estimate of drug-likeness (QED) is 0.263. The molecule has 0 aliphatic carbocycles. The highest BCUT2D eigenvalue weighted by atomic mass is 35.5. The molecule has 0 unspecified atom stereocenters. The number of benzene rings is 4. The monoisotopic (exact) mass is 589 g/mol. The Hall–Kier alpha value is -3.57. The number of hydrogen-bond donors (Lipinski definition) is 2. The van der Waals surface area contributed by atoms with Gasteiger partial charge in [0.25, 0.3) is 20.0 Å². The fraction of sp³-hybridized carbons (Fsp3) is 0.0385. The van der Waals surface area contributed by atoms with Gasteiger partial charge in [-0.15, -0.1) is 0 Å². The summed E-state index contributed by atoms with van der Waals surface area (Å²) in [5, 5.41) is 2.95. The molecule has 2 N–H and O–H groups in total. The minimum atomic E-state index is -4.14. The van der Waals surface area contributed by atoms with Crippen LogP contribution >= 0.6 is 23.2 Å². The SMILES string of the molecule is O=C(CN(c1ccc(Cl)c(Cl)c1)S(=O)(=O)c1ccccc1)Nc1ccc(S(=O)(=O)Nc2ccccc2)cc1. The second-order valence-corrected chi connectivity index (χ2v) is 12.3. The number of amides is 1. The molecule has 4 aromatic rings. The molecule has 0 aliphatic rings. The number of carbonyl (C=O) groups excluding carboxylic acids is 1. The predicted octanol–water partition coefficient (Wildman–Crippen LogP) is 5.63. The second kappa shape index (κ2) is 11.4. The molecular formula is C26H21Cl2N3O5S2. The first-order chi connectivity index (χ1) is 18.1. The van der Waals surface area contributed by atoms with Crippen molar-refractivity contribution in [2.75, 3.05) is 20.9 Å². The number of sulfonamides is 2. The van der Waals surface area contributed by atoms with Gasteiger partial charge in [0.2, 0.25) is 5.91 Å². The van der Waals surface area contributed by atoms with E-state index in [1.165, 1.54) is 54.6 Å². The summed E-state index contributed by atoms with van der Waals surface area (Å²) in [6, 6.07) is 25.8. The molecule has 0 bridgehead atoms. The van der Waals surface area contributed by atoms with Gasteiger partial charge in [0.1, 0.15) is 6.54 Å². The van der Waals surface area contributed by atoms with Gasteiger partial charge in [-0.1, -0.05) is 59.6 Å². The molecular weight excluding hydrogens is 569 g/mol. The van der Waals surface area contributed by atoms with Gasteiger partial charge in [0.15, 0.2) is 0 Å². The molecule has 0 spiro atoms. The Morgan fingerprint density at radius 2 is 1.29 bits per heavy atom. The maximum Gasteiger partial charge on any atom is 0.264 e. The van der Waals surface area contributed by atoms with Crippen LogP contribution in [0.4, 0.5) is 17.1 Å². The Kier molecular flexibility index (Phi) is 8.27. The smallest absolute Gasteiger partial charge is 0.264 e. The van der Waals surface area contributed by atoms with Crippen LogP contribution in [0.2, 0.25) is 10.0 Å². The molecule has 0 fully saturated rings. The van der Waals surface area contributed by atoms with E-state index in [-0.39, 0.29) is 31.2 Å². The Morgan fingerprint density at radius 1 is 0.684 bits per heavy atom. The highest BCUT2D eigenvalue weighted by Crippen LogP contribution is 2.30. The third kappa shape index (κ3) is 6.46. The first-order valence-electron chi connectivity index (χ1n) is 11.1. The fourth-order valence-corrected chi connectivity index (χ4v) is 6.23. The third-order valence-electron chi connectivity index (χ3n) is 5.28. The minimum absolute atomic E-state index is 0.0107. The molecule has 0 radical (unpaired) electrons. The summed E-state index contributed by atoms with van der Waals surface area (Å²) in [4.78, 5) is 12.9. The van der Waals surface area contributed by atoms with Crippen molar-refractivity contribution in [3.05, 3.63) is 113 Å². The number of nitrogens with one attached hydrogen (secondary N) is 2. The van der Waals surface area contributed by atoms with Crippen molar-refractivity contribution in [3.8, 4) is 0 Å². The molecule has 8 nitrogen and oxygen atoms in total. The lowest BCUT2D eigenvalue weighted by atomic mass is 10.3. The van der Waals surface area contributed by atoms with Gasteiger partial charge < -0.3 is 5.32 Å². The van der Waals surface area contributed by atoms with Crippen molar-refractivity contribution < 1.29 is 21.6 Å². The van der Waals surface area contributed by atoms with E-state index in [2.05, 4.69) is 10.0 Å². The summed E-state index contributed by atoms with van der Waals surface area (Å²) in [7, 11) is -7.99. The van der Waals surface area contributed by atoms with Crippen LogP contribution in [0.3, 0.4) is 0 Å². The van der Waals surface area contributed by atoms with E-state index in [1.54, 1.807) is 48.5 Å². The Labute approximate surface area is 230 Å². The van der Waals surface area contributed by atoms with E-state index in [9.17, 15) is 21.6 Å². The lowest BCUT2D eigenvalue weighted by molar-refractivity contribution is -0.114. The Morgan fingerprint density at radius 3 is 1.89 bits per heavy atom. The fourth-order valence-electron chi connectivity index (χ4n) is 3.44. The topological polar surface area (TPSA) is 113 Å². The molecule has 0 saturated heterocycles. The summed E-state index contributed by atoms with van der Waals surface area (Å²) in [5.74, 6) is -0.659. The lowest BCUT2D eigenvalue weighted by Crippen LogP contribution is -2.38. The number of carbonyl (C=O) groups is 1. The molecule has 0 heterocycles. The normalized spacial score (nSPS) is 11.5. The van der Waals surface area contributed by atoms with Crippen LogP contribution in [0, 0.1) is 0 Å². The van der Waals surface area contributed by atoms with Crippen molar-refractivity contribution in [1.82, 2.24) is 0 Å². The average Bonchev–Trinajstić information content (AvgIpc) is 2.90. The second-order valence-electron chi connectivity index (χ2n) is 7.97. The van der Waals surface area contributed by atoms with E-state index in [4.69, 9.17) is 23.2 Å². The van der Waals surface area contributed by atoms with E-state index >= 15 is 0 Å². The van der Waals surface area contributed by atoms with Crippen molar-refractivity contribution in [2.45, 2.75) is 9.79 Å². The summed E-state index contributed by atoms with van der Waals surface area (Å²) in [5.41, 5.74) is 0.832. The Balaban J connectivity index is 1.54. The van der Waals surface area contributed by atoms with E-state index in [0.29, 0.717) is 5.69 Å². The molecule has 0 atom stereocenters. The zero-order chi connectivity index (χ0) is 27.3. The van der Waals surface area contributed by atoms with E-state index < -0.39 is 32.5 Å². The first-order valence-corrected chi connectivity index (χ1v) is 14.7. The third-order valence-corrected chi connectivity index (χ3v) is 9.21. The van der Waals surface area contributed by atoms with Crippen LogP contribution in [-0.2, 0) is 24.8 Å². The molecule has 38 heavy (non-hydrogen) atoms. The van der Waals surface area contributed by atoms with Crippen molar-refractivity contribution in [3.63, 3.8) is 0 Å². The summed E-state index contributed by atoms with van der Waals surface area (Å²) < 4.78 is 55.5. The predicted molar refractivity (Wildman–Crippen MR) is 150 cm³/mol. The van der Waals surface area contributed by atoms with Crippen molar-refractivity contribution in [1.29, 1.82) is 0 Å². The number of nitrogens with zero attached hydrogens (tertiary/aromatic N) is 1. The zero-order valence-corrected chi connectivity index (χ0v) is 22.7. The van der Waals surface area contributed by atoms with Crippen molar-refractivity contribution >= 4 is 66.2 Å². The van der Waals surface area contributed by atoms with Gasteiger partial charge in [-0.25, -0.2) is 16.8 Å². The van der Waals surface area contributed by atoms with Gasteiger partial charge in [-0.2, -0.15) is 0 Å². The minimum Gasteiger partial charge on any atom is -0.325 e. The maximum absolute atomic E-state index is 13.4. The summed E-state index contributed by atoms with van der Waals surface area (Å²) in [6.07, 6.45) is 0. The van der Waals surface area contributed by atoms with Gasteiger partial charge in [0, 0.05) is 11.4 Å². The molecule has 1 amide bonds. The number of para-hydroxylation sites is 1. The highest BCUT2D eigenvalue weighted by Gasteiger charge is 2.27. The Bertz CT molecular complexity index is 1650. The first kappa shape index (κ1) is 27.5. The van der Waals surface area contributed by atoms with Crippen LogP contribution in [0.5, 0.6) is 0 Å². The molecule has 196 valence electrons. The highest BCUT2D eigenvalue weighted by molar-refractivity contribution is 7.93. The summed E-state index contributed by atoms with van der Waals surface area (Å²) >= 11 is 12.1. The largest absolute Gasteiger partial charge is 0.325 e. The maximum atomic E-state index is 13.4. The lowest BCUT2D eigenvalue weighted by Gasteiger charge is -2.24. The van der Waals surface area contributed by atoms with Crippen molar-refractivity contribution in [2.24, 2.45) is 0 Å². The molecule has 0 aliphatic heterocycles. The van der Waals surface area contributed by atoms with Gasteiger partial charge in [0.05, 0.1) is 25.5 Å². The van der Waals surface area contributed by atoms with Crippen LogP contribution in [-0.4, -0.2) is 29.3 Å². The van der Waals surface area contributed by atoms with Crippen LogP contribution in [0.25, 0.3) is 0 Å². The summed E-state index contributed by atoms with van der Waals surface area (Å²) in [6.45, 7) is -0.579. The molecule has 4 rings (SSSR count). The van der Waals surface area contributed by atoms with Gasteiger partial charge >= 0.3 is 0 Å². The van der Waals surface area contributed by atoms with E-state index in [0.717, 1.165) is 4.31 Å². The standard InChI is InChI=1S/C26H21Cl2N3O5S2/c27-24-16-13-21(17-25(24)28)31(38(35,36)23-9-5-2-6-10-23)18-26(32)29-19-11-14-22(15-12-19)37(33,34)30-20-7-3-1-4-8-20/h1-17,30H,18H2,(H,29,32). The van der Waals surface area contributed by atoms with Crippen LogP contribution in [0.15, 0.2) is 113 Å². The van der Waals surface area contributed by atoms with E-state index in [1.807, 2.05) is 0 Å². The molecule has 4 aromatic carbocycles. The average molecular weight is 591 g/mol. The van der Waals surface area contributed by atoms with Gasteiger partial charge in [-0.3, -0.25) is 13.8 Å². The number of anilines is 3.